The number of carbonyl (C=O) groups excluding carboxylic acids is 1. The molecule has 5 rings (SSSR count). The van der Waals surface area contributed by atoms with Crippen molar-refractivity contribution in [1.29, 1.82) is 0 Å². The summed E-state index contributed by atoms with van der Waals surface area (Å²) in [5, 5.41) is 24.8. The number of nitrogens with one attached hydrogen (secondary N) is 3. The highest BCUT2D eigenvalue weighted by atomic mass is 19.1. The summed E-state index contributed by atoms with van der Waals surface area (Å²) in [6.07, 6.45) is 8.96. The minimum absolute atomic E-state index is 0.0170. The quantitative estimate of drug-likeness (QED) is 0.379. The van der Waals surface area contributed by atoms with Crippen molar-refractivity contribution in [2.24, 2.45) is 0 Å². The van der Waals surface area contributed by atoms with Gasteiger partial charge < -0.3 is 30.7 Å². The fraction of sp³-hybridized carbons (Fsp3) is 0.542. The van der Waals surface area contributed by atoms with Crippen molar-refractivity contribution in [2.75, 3.05) is 24.3 Å². The molecule has 0 radical (unpaired) electrons. The highest BCUT2D eigenvalue weighted by molar-refractivity contribution is 6.00. The number of aliphatic hydroxyl groups excluding tert-OH is 1. The van der Waals surface area contributed by atoms with Crippen molar-refractivity contribution in [3.05, 3.63) is 41.9 Å². The second kappa shape index (κ2) is 9.82. The second-order valence-corrected chi connectivity index (χ2v) is 9.26. The number of unbranched alkanes of at least 4 members (excludes halogenated alkanes) is 1. The molecule has 1 aliphatic heterocycles. The number of methoxy groups -OCH3 is 1. The third-order valence-electron chi connectivity index (χ3n) is 6.81. The van der Waals surface area contributed by atoms with Gasteiger partial charge in [0.25, 0.3) is 5.91 Å². The minimum atomic E-state index is -1.02. The molecule has 3 aliphatic rings. The van der Waals surface area contributed by atoms with E-state index >= 15 is 0 Å². The first-order valence-corrected chi connectivity index (χ1v) is 12.2. The fourth-order valence-corrected chi connectivity index (χ4v) is 4.45. The Morgan fingerprint density at radius 3 is 2.89 bits per heavy atom. The maximum atomic E-state index is 13.6. The first-order valence-electron chi connectivity index (χ1n) is 12.2. The maximum absolute atomic E-state index is 13.6. The Kier molecular flexibility index (Phi) is 6.61. The summed E-state index contributed by atoms with van der Waals surface area (Å²) in [6.45, 7) is 2.84. The first kappa shape index (κ1) is 23.6. The van der Waals surface area contributed by atoms with Gasteiger partial charge in [-0.3, -0.25) is 4.79 Å². The summed E-state index contributed by atoms with van der Waals surface area (Å²) in [6, 6.07) is 1.43. The zero-order chi connectivity index (χ0) is 24.5. The van der Waals surface area contributed by atoms with Gasteiger partial charge >= 0.3 is 0 Å². The number of alkyl halides is 1. The van der Waals surface area contributed by atoms with Crippen LogP contribution in [0.2, 0.25) is 0 Å². The van der Waals surface area contributed by atoms with E-state index in [2.05, 4.69) is 33.0 Å². The Morgan fingerprint density at radius 2 is 2.20 bits per heavy atom. The molecule has 10 nitrogen and oxygen atoms in total. The molecule has 2 aromatic rings. The molecule has 3 heterocycles. The molecular formula is C24H32FN7O3. The lowest BCUT2D eigenvalue weighted by Gasteiger charge is -2.35. The van der Waals surface area contributed by atoms with E-state index in [1.54, 1.807) is 40.9 Å². The number of hydrogen-bond acceptors (Lipinski definition) is 8. The van der Waals surface area contributed by atoms with E-state index in [1.807, 2.05) is 0 Å². The van der Waals surface area contributed by atoms with E-state index in [0.717, 1.165) is 32.2 Å². The Bertz CT molecular complexity index is 1150. The Morgan fingerprint density at radius 1 is 1.37 bits per heavy atom. The number of allylic oxidation sites excluding steroid dienone is 2. The minimum Gasteiger partial charge on any atom is -0.379 e. The number of fused-ring (bicyclic) bond motifs is 1. The number of ether oxygens (including phenoxy) is 1. The third-order valence-corrected chi connectivity index (χ3v) is 6.81. The van der Waals surface area contributed by atoms with Crippen LogP contribution >= 0.6 is 0 Å². The van der Waals surface area contributed by atoms with Gasteiger partial charge in [-0.2, -0.15) is 9.61 Å². The smallest absolute Gasteiger partial charge is 0.257 e. The van der Waals surface area contributed by atoms with Crippen molar-refractivity contribution < 1.29 is 19.0 Å². The molecule has 4 N–H and O–H groups in total. The Labute approximate surface area is 203 Å². The summed E-state index contributed by atoms with van der Waals surface area (Å²) < 4.78 is 20.6. The van der Waals surface area contributed by atoms with Crippen LogP contribution in [0, 0.1) is 0 Å². The zero-order valence-electron chi connectivity index (χ0n) is 19.9. The number of halogens is 1. The van der Waals surface area contributed by atoms with E-state index in [9.17, 15) is 14.3 Å². The Hall–Kier alpha value is -3.18. The highest BCUT2D eigenvalue weighted by Crippen LogP contribution is 2.35. The lowest BCUT2D eigenvalue weighted by Crippen LogP contribution is -2.51. The molecule has 35 heavy (non-hydrogen) atoms. The number of amides is 1. The molecule has 2 unspecified atom stereocenters. The summed E-state index contributed by atoms with van der Waals surface area (Å²) in [7, 11) is 1.65. The standard InChI is InChI=1S/C24H32FN7O3/c1-3-4-9-26-21-12-20(28-17-6-5-10-31(24(17)34)18-11-15(18)25)30-22-14(13-27-32(21)22)23(33)29-16-7-8-19(16)35-2/h5-6,10,12-13,15-16,18-19,24,26,34H,3-4,7-9,11H2,1-2H3,(H,28,30)(H,29,33)/t15-,16?,18-,19+,24?/m0/s1. The number of rotatable bonds is 10. The van der Waals surface area contributed by atoms with Gasteiger partial charge in [0.05, 0.1) is 30.1 Å². The van der Waals surface area contributed by atoms with Crippen LogP contribution in [0.15, 0.2) is 36.3 Å². The van der Waals surface area contributed by atoms with Crippen LogP contribution in [0.25, 0.3) is 5.65 Å². The molecule has 2 aliphatic carbocycles. The van der Waals surface area contributed by atoms with Gasteiger partial charge in [-0.05, 0) is 31.4 Å². The van der Waals surface area contributed by atoms with Crippen LogP contribution in [0.3, 0.4) is 0 Å². The van der Waals surface area contributed by atoms with Crippen LogP contribution in [-0.4, -0.2) is 74.8 Å². The van der Waals surface area contributed by atoms with E-state index in [1.165, 1.54) is 6.20 Å². The average molecular weight is 486 g/mol. The van der Waals surface area contributed by atoms with Gasteiger partial charge in [0, 0.05) is 32.3 Å². The van der Waals surface area contributed by atoms with Crippen molar-refractivity contribution in [3.8, 4) is 0 Å². The molecule has 0 spiro atoms. The Balaban J connectivity index is 1.42. The number of aliphatic hydroxyl groups is 1. The summed E-state index contributed by atoms with van der Waals surface area (Å²) >= 11 is 0. The van der Waals surface area contributed by atoms with E-state index in [0.29, 0.717) is 35.0 Å². The van der Waals surface area contributed by atoms with Gasteiger partial charge in [-0.15, -0.1) is 0 Å². The highest BCUT2D eigenvalue weighted by Gasteiger charge is 2.44. The van der Waals surface area contributed by atoms with Gasteiger partial charge in [-0.25, -0.2) is 9.37 Å². The van der Waals surface area contributed by atoms with Crippen LogP contribution in [-0.2, 0) is 4.74 Å². The second-order valence-electron chi connectivity index (χ2n) is 9.26. The van der Waals surface area contributed by atoms with Gasteiger partial charge in [0.15, 0.2) is 11.9 Å². The van der Waals surface area contributed by atoms with Crippen molar-refractivity contribution >= 4 is 23.2 Å². The zero-order valence-corrected chi connectivity index (χ0v) is 19.9. The molecule has 188 valence electrons. The van der Waals surface area contributed by atoms with E-state index in [4.69, 9.17) is 4.74 Å². The first-order chi connectivity index (χ1) is 17.0. The summed E-state index contributed by atoms with van der Waals surface area (Å²) in [4.78, 5) is 19.3. The van der Waals surface area contributed by atoms with Crippen molar-refractivity contribution in [1.82, 2.24) is 24.8 Å². The molecule has 0 saturated heterocycles. The maximum Gasteiger partial charge on any atom is 0.257 e. The van der Waals surface area contributed by atoms with Crippen molar-refractivity contribution in [3.63, 3.8) is 0 Å². The molecular weight excluding hydrogens is 453 g/mol. The summed E-state index contributed by atoms with van der Waals surface area (Å²) in [5.41, 5.74) is 1.22. The molecule has 2 fully saturated rings. The van der Waals surface area contributed by atoms with Crippen molar-refractivity contribution in [2.45, 2.75) is 69.6 Å². The molecule has 0 aromatic carbocycles. The van der Waals surface area contributed by atoms with Gasteiger partial charge in [0.2, 0.25) is 0 Å². The number of aromatic nitrogens is 3. The normalized spacial score (nSPS) is 27.4. The molecule has 11 heteroatoms. The number of carbonyl (C=O) groups is 1. The number of anilines is 2. The molecule has 5 atom stereocenters. The largest absolute Gasteiger partial charge is 0.379 e. The van der Waals surface area contributed by atoms with Crippen LogP contribution < -0.4 is 16.0 Å². The van der Waals surface area contributed by atoms with Crippen LogP contribution in [0.5, 0.6) is 0 Å². The van der Waals surface area contributed by atoms with Crippen LogP contribution in [0.1, 0.15) is 49.4 Å². The third kappa shape index (κ3) is 4.70. The lowest BCUT2D eigenvalue weighted by molar-refractivity contribution is 0.00732. The average Bonchev–Trinajstić information content (AvgIpc) is 3.39. The van der Waals surface area contributed by atoms with Crippen LogP contribution in [0.4, 0.5) is 16.0 Å². The SMILES string of the molecule is CCCCNc1cc(NC2=CC=CN([C@H]3C[C@@H]3F)C2O)nc2c(C(=O)NC3CC[C@H]3OC)cnn12. The molecule has 0 bridgehead atoms. The molecule has 2 aromatic heterocycles. The fourth-order valence-electron chi connectivity index (χ4n) is 4.45. The van der Waals surface area contributed by atoms with Gasteiger partial charge in [-0.1, -0.05) is 13.3 Å². The predicted octanol–water partition coefficient (Wildman–Crippen LogP) is 2.40. The molecule has 2 saturated carbocycles. The molecule has 1 amide bonds. The van der Waals surface area contributed by atoms with E-state index in [-0.39, 0.29) is 24.1 Å². The summed E-state index contributed by atoms with van der Waals surface area (Å²) in [5.74, 6) is 0.856. The topological polar surface area (TPSA) is 116 Å². The predicted molar refractivity (Wildman–Crippen MR) is 130 cm³/mol. The monoisotopic (exact) mass is 485 g/mol. The van der Waals surface area contributed by atoms with E-state index < -0.39 is 12.4 Å². The number of nitrogens with zero attached hydrogens (tertiary/aromatic N) is 4. The lowest BCUT2D eigenvalue weighted by atomic mass is 9.89. The number of hydrogen-bond donors (Lipinski definition) is 4. The van der Waals surface area contributed by atoms with Gasteiger partial charge in [0.1, 0.15) is 23.4 Å².